The zero-order valence-electron chi connectivity index (χ0n) is 11.7. The van der Waals surface area contributed by atoms with Crippen LogP contribution in [0, 0.1) is 0 Å². The number of benzene rings is 1. The minimum Gasteiger partial charge on any atom is -0.477 e. The Morgan fingerprint density at radius 3 is 2.57 bits per heavy atom. The first-order valence-electron chi connectivity index (χ1n) is 6.13. The number of hydrogen-bond acceptors (Lipinski definition) is 4. The molecule has 2 rings (SSSR count). The number of rotatable bonds is 2. The quantitative estimate of drug-likeness (QED) is 0.845. The number of aromatic carboxylic acids is 1. The molecule has 0 spiro atoms. The molecule has 112 valence electrons. The summed E-state index contributed by atoms with van der Waals surface area (Å²) in [6, 6.07) is 4.99. The monoisotopic (exact) mass is 327 g/mol. The number of carbonyl (C=O) groups excluding carboxylic acids is 1. The van der Waals surface area contributed by atoms with Gasteiger partial charge in [-0.25, -0.2) is 9.59 Å². The van der Waals surface area contributed by atoms with Crippen LogP contribution in [0.15, 0.2) is 18.2 Å². The third kappa shape index (κ3) is 3.65. The van der Waals surface area contributed by atoms with Crippen LogP contribution in [0.4, 0.5) is 10.5 Å². The van der Waals surface area contributed by atoms with Crippen LogP contribution in [-0.2, 0) is 4.74 Å². The Morgan fingerprint density at radius 2 is 2.00 bits per heavy atom. The maximum absolute atomic E-state index is 11.7. The topological polar surface area (TPSA) is 75.6 Å². The van der Waals surface area contributed by atoms with Gasteiger partial charge in [0.25, 0.3) is 0 Å². The zero-order valence-corrected chi connectivity index (χ0v) is 13.3. The molecule has 5 nitrogen and oxygen atoms in total. The summed E-state index contributed by atoms with van der Waals surface area (Å²) >= 11 is 7.08. The van der Waals surface area contributed by atoms with Crippen LogP contribution in [0.2, 0.25) is 5.02 Å². The molecule has 0 fully saturated rings. The van der Waals surface area contributed by atoms with Crippen molar-refractivity contribution in [1.82, 2.24) is 0 Å². The second kappa shape index (κ2) is 5.54. The molecule has 0 aliphatic carbocycles. The normalized spacial score (nSPS) is 11.4. The number of thiophene rings is 1. The Kier molecular flexibility index (Phi) is 4.11. The number of ether oxygens (including phenoxy) is 1. The van der Waals surface area contributed by atoms with E-state index >= 15 is 0 Å². The fourth-order valence-electron chi connectivity index (χ4n) is 1.70. The first-order chi connectivity index (χ1) is 9.67. The Balaban J connectivity index is 2.27. The predicted molar refractivity (Wildman–Crippen MR) is 83.7 cm³/mol. The molecule has 0 aliphatic rings. The first-order valence-corrected chi connectivity index (χ1v) is 7.32. The summed E-state index contributed by atoms with van der Waals surface area (Å²) < 4.78 is 5.84. The van der Waals surface area contributed by atoms with Gasteiger partial charge in [0, 0.05) is 15.8 Å². The lowest BCUT2D eigenvalue weighted by atomic mass is 10.2. The molecule has 0 saturated heterocycles. The summed E-state index contributed by atoms with van der Waals surface area (Å²) in [5, 5.41) is 12.5. The number of amides is 1. The molecule has 1 aromatic heterocycles. The molecule has 1 heterocycles. The molecule has 0 atom stereocenters. The van der Waals surface area contributed by atoms with Crippen molar-refractivity contribution >= 4 is 50.8 Å². The highest BCUT2D eigenvalue weighted by molar-refractivity contribution is 7.21. The molecule has 1 aromatic carbocycles. The van der Waals surface area contributed by atoms with Gasteiger partial charge in [0.05, 0.1) is 5.02 Å². The van der Waals surface area contributed by atoms with Crippen molar-refractivity contribution in [3.63, 3.8) is 0 Å². The lowest BCUT2D eigenvalue weighted by molar-refractivity contribution is 0.0634. The van der Waals surface area contributed by atoms with Crippen molar-refractivity contribution in [1.29, 1.82) is 0 Å². The SMILES string of the molecule is CC(C)(C)OC(=O)Nc1ccc2c(Cl)c(C(=O)O)sc2c1. The van der Waals surface area contributed by atoms with Crippen LogP contribution in [0.5, 0.6) is 0 Å². The predicted octanol–water partition coefficient (Wildman–Crippen LogP) is 4.60. The molecular formula is C14H14ClNO4S. The van der Waals surface area contributed by atoms with Crippen LogP contribution in [-0.4, -0.2) is 22.8 Å². The molecule has 0 unspecified atom stereocenters. The highest BCUT2D eigenvalue weighted by Crippen LogP contribution is 2.36. The second-order valence-electron chi connectivity index (χ2n) is 5.39. The number of halogens is 1. The molecular weight excluding hydrogens is 314 g/mol. The minimum atomic E-state index is -1.07. The lowest BCUT2D eigenvalue weighted by Gasteiger charge is -2.19. The van der Waals surface area contributed by atoms with Gasteiger partial charge >= 0.3 is 12.1 Å². The van der Waals surface area contributed by atoms with Crippen LogP contribution in [0.1, 0.15) is 30.4 Å². The van der Waals surface area contributed by atoms with Crippen molar-refractivity contribution in [3.8, 4) is 0 Å². The molecule has 0 radical (unpaired) electrons. The van der Waals surface area contributed by atoms with Crippen molar-refractivity contribution < 1.29 is 19.4 Å². The van der Waals surface area contributed by atoms with Gasteiger partial charge in [0.15, 0.2) is 0 Å². The Labute approximate surface area is 130 Å². The molecule has 2 N–H and O–H groups in total. The smallest absolute Gasteiger partial charge is 0.412 e. The van der Waals surface area contributed by atoms with E-state index in [4.69, 9.17) is 21.4 Å². The fourth-order valence-corrected chi connectivity index (χ4v) is 3.09. The highest BCUT2D eigenvalue weighted by atomic mass is 35.5. The van der Waals surface area contributed by atoms with Gasteiger partial charge in [0.2, 0.25) is 0 Å². The van der Waals surface area contributed by atoms with Gasteiger partial charge in [-0.2, -0.15) is 0 Å². The van der Waals surface area contributed by atoms with Crippen LogP contribution < -0.4 is 5.32 Å². The molecule has 0 aliphatic heterocycles. The largest absolute Gasteiger partial charge is 0.477 e. The summed E-state index contributed by atoms with van der Waals surface area (Å²) in [6.45, 7) is 5.32. The van der Waals surface area contributed by atoms with Gasteiger partial charge in [-0.3, -0.25) is 5.32 Å². The first kappa shape index (κ1) is 15.6. The van der Waals surface area contributed by atoms with Crippen molar-refractivity contribution in [2.24, 2.45) is 0 Å². The number of carboxylic acid groups (broad SMARTS) is 1. The van der Waals surface area contributed by atoms with Crippen molar-refractivity contribution in [3.05, 3.63) is 28.1 Å². The molecule has 2 aromatic rings. The van der Waals surface area contributed by atoms with Gasteiger partial charge in [-0.1, -0.05) is 11.6 Å². The van der Waals surface area contributed by atoms with Gasteiger partial charge < -0.3 is 9.84 Å². The van der Waals surface area contributed by atoms with Gasteiger partial charge in [0.1, 0.15) is 10.5 Å². The van der Waals surface area contributed by atoms with E-state index in [9.17, 15) is 9.59 Å². The maximum atomic E-state index is 11.7. The van der Waals surface area contributed by atoms with Crippen LogP contribution in [0.25, 0.3) is 10.1 Å². The van der Waals surface area contributed by atoms with E-state index in [2.05, 4.69) is 5.32 Å². The number of nitrogens with one attached hydrogen (secondary N) is 1. The Morgan fingerprint density at radius 1 is 1.33 bits per heavy atom. The van der Waals surface area contributed by atoms with Crippen molar-refractivity contribution in [2.75, 3.05) is 5.32 Å². The zero-order chi connectivity index (χ0) is 15.8. The van der Waals surface area contributed by atoms with E-state index in [1.165, 1.54) is 0 Å². The highest BCUT2D eigenvalue weighted by Gasteiger charge is 2.18. The number of hydrogen-bond donors (Lipinski definition) is 2. The Hall–Kier alpha value is -1.79. The summed E-state index contributed by atoms with van der Waals surface area (Å²) in [6.07, 6.45) is -0.567. The van der Waals surface area contributed by atoms with Gasteiger partial charge in [-0.05, 0) is 39.0 Å². The standard InChI is InChI=1S/C14H14ClNO4S/c1-14(2,3)20-13(19)16-7-4-5-8-9(6-7)21-11(10(8)15)12(17)18/h4-6H,1-3H3,(H,16,19)(H,17,18). The minimum absolute atomic E-state index is 0.0843. The average molecular weight is 328 g/mol. The summed E-state index contributed by atoms with van der Waals surface area (Å²) in [7, 11) is 0. The summed E-state index contributed by atoms with van der Waals surface area (Å²) in [4.78, 5) is 22.8. The number of carboxylic acids is 1. The second-order valence-corrected chi connectivity index (χ2v) is 6.82. The molecule has 1 amide bonds. The lowest BCUT2D eigenvalue weighted by Crippen LogP contribution is -2.27. The van der Waals surface area contributed by atoms with Gasteiger partial charge in [-0.15, -0.1) is 11.3 Å². The van der Waals surface area contributed by atoms with E-state index in [0.29, 0.717) is 15.8 Å². The Bertz CT molecular complexity index is 718. The van der Waals surface area contributed by atoms with E-state index in [1.54, 1.807) is 39.0 Å². The van der Waals surface area contributed by atoms with E-state index in [0.717, 1.165) is 11.3 Å². The van der Waals surface area contributed by atoms with Crippen molar-refractivity contribution in [2.45, 2.75) is 26.4 Å². The van der Waals surface area contributed by atoms with E-state index in [-0.39, 0.29) is 9.90 Å². The molecule has 0 bridgehead atoms. The maximum Gasteiger partial charge on any atom is 0.412 e. The molecule has 0 saturated carbocycles. The third-order valence-corrected chi connectivity index (χ3v) is 4.11. The van der Waals surface area contributed by atoms with Crippen LogP contribution in [0.3, 0.4) is 0 Å². The van der Waals surface area contributed by atoms with Crippen LogP contribution >= 0.6 is 22.9 Å². The molecule has 7 heteroatoms. The van der Waals surface area contributed by atoms with E-state index in [1.807, 2.05) is 0 Å². The van der Waals surface area contributed by atoms with E-state index < -0.39 is 17.7 Å². The summed E-state index contributed by atoms with van der Waals surface area (Å²) in [5.41, 5.74) is -0.0664. The third-order valence-electron chi connectivity index (χ3n) is 2.47. The average Bonchev–Trinajstić information content (AvgIpc) is 2.64. The summed E-state index contributed by atoms with van der Waals surface area (Å²) in [5.74, 6) is -1.07. The fraction of sp³-hybridized carbons (Fsp3) is 0.286. The number of carbonyl (C=O) groups is 2. The number of anilines is 1. The number of fused-ring (bicyclic) bond motifs is 1. The molecule has 21 heavy (non-hydrogen) atoms.